The molecule has 0 heterocycles. The fraction of sp³-hybridized carbons (Fsp3) is 0.0435. The number of rotatable bonds is 5. The van der Waals surface area contributed by atoms with Gasteiger partial charge < -0.3 is 10.1 Å². The van der Waals surface area contributed by atoms with Crippen LogP contribution in [0.3, 0.4) is 0 Å². The van der Waals surface area contributed by atoms with Gasteiger partial charge in [0.1, 0.15) is 5.75 Å². The molecular weight excluding hydrogens is 418 g/mol. The number of hydrazone groups is 1. The summed E-state index contributed by atoms with van der Waals surface area (Å²) >= 11 is 5.94. The van der Waals surface area contributed by atoms with Gasteiger partial charge in [0, 0.05) is 0 Å². The lowest BCUT2D eigenvalue weighted by atomic mass is 10.1. The number of nitrogens with zero attached hydrogens (tertiary/aromatic N) is 1. The number of amides is 2. The first-order valence-electron chi connectivity index (χ1n) is 9.21. The van der Waals surface area contributed by atoms with Crippen molar-refractivity contribution in [2.75, 3.05) is 5.32 Å². The fourth-order valence-electron chi connectivity index (χ4n) is 2.54. The van der Waals surface area contributed by atoms with E-state index < -0.39 is 17.8 Å². The van der Waals surface area contributed by atoms with E-state index in [4.69, 9.17) is 16.3 Å². The number of ether oxygens (including phenoxy) is 1. The third kappa shape index (κ3) is 6.01. The minimum atomic E-state index is -0.944. The van der Waals surface area contributed by atoms with Gasteiger partial charge in [-0.05, 0) is 60.5 Å². The zero-order chi connectivity index (χ0) is 22.2. The van der Waals surface area contributed by atoms with Crippen LogP contribution in [-0.4, -0.2) is 24.0 Å². The van der Waals surface area contributed by atoms with E-state index in [9.17, 15) is 14.4 Å². The molecule has 0 bridgehead atoms. The molecular formula is C23H18ClN3O4. The standard InChI is InChI=1S/C23H18ClN3O4/c1-15-6-2-3-7-18(15)23(30)31-17-12-10-16(11-13-17)14-25-27-22(29)21(28)26-20-9-5-4-8-19(20)24/h2-14H,1H3,(H,26,28)(H,27,29). The minimum absolute atomic E-state index is 0.315. The predicted octanol–water partition coefficient (Wildman–Crippen LogP) is 3.96. The number of hydrogen-bond donors (Lipinski definition) is 2. The van der Waals surface area contributed by atoms with Crippen LogP contribution in [-0.2, 0) is 9.59 Å². The van der Waals surface area contributed by atoms with Crippen molar-refractivity contribution >= 4 is 41.3 Å². The summed E-state index contributed by atoms with van der Waals surface area (Å²) < 4.78 is 5.36. The van der Waals surface area contributed by atoms with E-state index in [0.29, 0.717) is 27.6 Å². The van der Waals surface area contributed by atoms with Crippen molar-refractivity contribution in [1.29, 1.82) is 0 Å². The molecule has 0 aliphatic heterocycles. The van der Waals surface area contributed by atoms with Crippen LogP contribution in [0.15, 0.2) is 77.9 Å². The molecule has 0 aliphatic carbocycles. The largest absolute Gasteiger partial charge is 0.423 e. The zero-order valence-electron chi connectivity index (χ0n) is 16.5. The van der Waals surface area contributed by atoms with Crippen LogP contribution in [0.1, 0.15) is 21.5 Å². The molecule has 0 unspecified atom stereocenters. The molecule has 3 aromatic rings. The van der Waals surface area contributed by atoms with Crippen LogP contribution in [0.25, 0.3) is 0 Å². The van der Waals surface area contributed by atoms with Crippen LogP contribution in [0.4, 0.5) is 5.69 Å². The quantitative estimate of drug-likeness (QED) is 0.208. The summed E-state index contributed by atoms with van der Waals surface area (Å²) in [7, 11) is 0. The zero-order valence-corrected chi connectivity index (χ0v) is 17.2. The molecule has 0 atom stereocenters. The molecule has 0 saturated carbocycles. The second kappa shape index (κ2) is 10.2. The molecule has 0 fully saturated rings. The highest BCUT2D eigenvalue weighted by Crippen LogP contribution is 2.20. The van der Waals surface area contributed by atoms with Gasteiger partial charge in [0.2, 0.25) is 0 Å². The first-order valence-corrected chi connectivity index (χ1v) is 9.58. The van der Waals surface area contributed by atoms with Gasteiger partial charge in [-0.3, -0.25) is 9.59 Å². The molecule has 0 aromatic heterocycles. The molecule has 0 spiro atoms. The first kappa shape index (κ1) is 21.7. The number of carbonyl (C=O) groups excluding carboxylic acids is 3. The van der Waals surface area contributed by atoms with Crippen molar-refractivity contribution < 1.29 is 19.1 Å². The van der Waals surface area contributed by atoms with Gasteiger partial charge in [0.05, 0.1) is 22.5 Å². The van der Waals surface area contributed by atoms with Crippen LogP contribution in [0.2, 0.25) is 5.02 Å². The highest BCUT2D eigenvalue weighted by atomic mass is 35.5. The van der Waals surface area contributed by atoms with Crippen molar-refractivity contribution in [3.05, 3.63) is 94.5 Å². The van der Waals surface area contributed by atoms with Crippen molar-refractivity contribution in [3.8, 4) is 5.75 Å². The lowest BCUT2D eigenvalue weighted by molar-refractivity contribution is -0.136. The van der Waals surface area contributed by atoms with E-state index in [2.05, 4.69) is 15.8 Å². The Morgan fingerprint density at radius 2 is 1.58 bits per heavy atom. The highest BCUT2D eigenvalue weighted by molar-refractivity contribution is 6.41. The molecule has 2 amide bonds. The number of halogens is 1. The van der Waals surface area contributed by atoms with Crippen LogP contribution < -0.4 is 15.5 Å². The topological polar surface area (TPSA) is 96.9 Å². The third-order valence-electron chi connectivity index (χ3n) is 4.16. The summed E-state index contributed by atoms with van der Waals surface area (Å²) in [6.45, 7) is 1.83. The molecule has 7 nitrogen and oxygen atoms in total. The Hall–Kier alpha value is -3.97. The first-order chi connectivity index (χ1) is 14.9. The Balaban J connectivity index is 1.53. The smallest absolute Gasteiger partial charge is 0.343 e. The van der Waals surface area contributed by atoms with Crippen LogP contribution in [0.5, 0.6) is 5.75 Å². The molecule has 8 heteroatoms. The molecule has 0 aliphatic rings. The molecule has 31 heavy (non-hydrogen) atoms. The minimum Gasteiger partial charge on any atom is -0.423 e. The number of esters is 1. The Kier molecular flexibility index (Phi) is 7.13. The van der Waals surface area contributed by atoms with Crippen molar-refractivity contribution in [3.63, 3.8) is 0 Å². The van der Waals surface area contributed by atoms with Crippen molar-refractivity contribution in [1.82, 2.24) is 5.43 Å². The van der Waals surface area contributed by atoms with Gasteiger partial charge in [0.15, 0.2) is 0 Å². The summed E-state index contributed by atoms with van der Waals surface area (Å²) in [5.74, 6) is -1.92. The van der Waals surface area contributed by atoms with E-state index in [1.165, 1.54) is 6.21 Å². The van der Waals surface area contributed by atoms with E-state index >= 15 is 0 Å². The Bertz CT molecular complexity index is 1140. The van der Waals surface area contributed by atoms with E-state index in [1.54, 1.807) is 60.7 Å². The Morgan fingerprint density at radius 1 is 0.903 bits per heavy atom. The van der Waals surface area contributed by atoms with Gasteiger partial charge >= 0.3 is 17.8 Å². The van der Waals surface area contributed by atoms with E-state index in [-0.39, 0.29) is 0 Å². The lowest BCUT2D eigenvalue weighted by Gasteiger charge is -2.07. The average Bonchev–Trinajstić information content (AvgIpc) is 2.76. The molecule has 3 rings (SSSR count). The number of nitrogens with one attached hydrogen (secondary N) is 2. The van der Waals surface area contributed by atoms with Gasteiger partial charge in [-0.25, -0.2) is 10.2 Å². The number of benzene rings is 3. The summed E-state index contributed by atoms with van der Waals surface area (Å²) in [5, 5.41) is 6.46. The number of anilines is 1. The highest BCUT2D eigenvalue weighted by Gasteiger charge is 2.14. The van der Waals surface area contributed by atoms with Crippen LogP contribution in [0, 0.1) is 6.92 Å². The molecule has 0 saturated heterocycles. The van der Waals surface area contributed by atoms with Crippen molar-refractivity contribution in [2.24, 2.45) is 5.10 Å². The monoisotopic (exact) mass is 435 g/mol. The van der Waals surface area contributed by atoms with E-state index in [0.717, 1.165) is 5.56 Å². The molecule has 3 aromatic carbocycles. The number of carbonyl (C=O) groups is 3. The molecule has 2 N–H and O–H groups in total. The number of aryl methyl sites for hydroxylation is 1. The fourth-order valence-corrected chi connectivity index (χ4v) is 2.73. The maximum Gasteiger partial charge on any atom is 0.343 e. The Labute approximate surface area is 183 Å². The summed E-state index contributed by atoms with van der Waals surface area (Å²) in [6.07, 6.45) is 1.35. The maximum absolute atomic E-state index is 12.2. The number of para-hydroxylation sites is 1. The van der Waals surface area contributed by atoms with Gasteiger partial charge in [-0.1, -0.05) is 41.9 Å². The SMILES string of the molecule is Cc1ccccc1C(=O)Oc1ccc(C=NNC(=O)C(=O)Nc2ccccc2Cl)cc1. The lowest BCUT2D eigenvalue weighted by Crippen LogP contribution is -2.32. The molecule has 0 radical (unpaired) electrons. The summed E-state index contributed by atoms with van der Waals surface area (Å²) in [6, 6.07) is 20.2. The maximum atomic E-state index is 12.2. The summed E-state index contributed by atoms with van der Waals surface area (Å²) in [4.78, 5) is 36.0. The predicted molar refractivity (Wildman–Crippen MR) is 118 cm³/mol. The molecule has 156 valence electrons. The van der Waals surface area contributed by atoms with Gasteiger partial charge in [-0.15, -0.1) is 0 Å². The number of hydrogen-bond acceptors (Lipinski definition) is 5. The normalized spacial score (nSPS) is 10.5. The average molecular weight is 436 g/mol. The van der Waals surface area contributed by atoms with Gasteiger partial charge in [-0.2, -0.15) is 5.10 Å². The summed E-state index contributed by atoms with van der Waals surface area (Å²) in [5.41, 5.74) is 4.40. The van der Waals surface area contributed by atoms with Crippen LogP contribution >= 0.6 is 11.6 Å². The van der Waals surface area contributed by atoms with Crippen molar-refractivity contribution in [2.45, 2.75) is 6.92 Å². The Morgan fingerprint density at radius 3 is 2.29 bits per heavy atom. The third-order valence-corrected chi connectivity index (χ3v) is 4.49. The second-order valence-electron chi connectivity index (χ2n) is 6.41. The van der Waals surface area contributed by atoms with E-state index in [1.807, 2.05) is 19.1 Å². The second-order valence-corrected chi connectivity index (χ2v) is 6.81. The van der Waals surface area contributed by atoms with Gasteiger partial charge in [0.25, 0.3) is 0 Å².